The number of amides is 1. The number of hydrogen-bond acceptors (Lipinski definition) is 4. The fraction of sp³-hybridized carbons (Fsp3) is 0.174. The van der Waals surface area contributed by atoms with Crippen LogP contribution in [0.1, 0.15) is 22.8 Å². The van der Waals surface area contributed by atoms with Crippen LogP contribution in [-0.4, -0.2) is 19.6 Å². The van der Waals surface area contributed by atoms with E-state index in [-0.39, 0.29) is 12.5 Å². The Bertz CT molecular complexity index is 973. The number of rotatable bonds is 8. The van der Waals surface area contributed by atoms with Crippen LogP contribution >= 0.6 is 15.9 Å². The van der Waals surface area contributed by atoms with Crippen LogP contribution < -0.4 is 19.5 Å². The van der Waals surface area contributed by atoms with Crippen LogP contribution in [0.2, 0.25) is 0 Å². The van der Waals surface area contributed by atoms with E-state index in [1.807, 2.05) is 55.5 Å². The molecular weight excluding hydrogens is 434 g/mol. The Labute approximate surface area is 178 Å². The molecule has 0 aliphatic rings. The standard InChI is InChI=1S/C23H22BrNO4/c1-3-28-22-12-7-16(23(26)25-19-6-4-5-18(24)14-19)13-17(22)15-29-21-10-8-20(27-2)9-11-21/h4-14H,3,15H2,1-2H3,(H,25,26). The van der Waals surface area contributed by atoms with Crippen molar-refractivity contribution in [3.05, 3.63) is 82.3 Å². The van der Waals surface area contributed by atoms with Crippen molar-refractivity contribution in [2.75, 3.05) is 19.0 Å². The third-order valence-corrected chi connectivity index (χ3v) is 4.65. The van der Waals surface area contributed by atoms with Gasteiger partial charge in [0.1, 0.15) is 23.9 Å². The highest BCUT2D eigenvalue weighted by Gasteiger charge is 2.12. The number of ether oxygens (including phenoxy) is 3. The molecule has 3 aromatic rings. The van der Waals surface area contributed by atoms with Crippen molar-refractivity contribution in [1.82, 2.24) is 0 Å². The predicted molar refractivity (Wildman–Crippen MR) is 117 cm³/mol. The van der Waals surface area contributed by atoms with E-state index in [2.05, 4.69) is 21.2 Å². The third-order valence-electron chi connectivity index (χ3n) is 4.16. The summed E-state index contributed by atoms with van der Waals surface area (Å²) >= 11 is 3.41. The highest BCUT2D eigenvalue weighted by molar-refractivity contribution is 9.10. The lowest BCUT2D eigenvalue weighted by atomic mass is 10.1. The van der Waals surface area contributed by atoms with Gasteiger partial charge < -0.3 is 19.5 Å². The van der Waals surface area contributed by atoms with Crippen LogP contribution in [0.5, 0.6) is 17.2 Å². The summed E-state index contributed by atoms with van der Waals surface area (Å²) in [6, 6.07) is 20.1. The molecule has 0 aromatic heterocycles. The molecule has 150 valence electrons. The maximum atomic E-state index is 12.7. The molecule has 1 amide bonds. The summed E-state index contributed by atoms with van der Waals surface area (Å²) in [5.74, 6) is 1.97. The number of anilines is 1. The number of nitrogens with one attached hydrogen (secondary N) is 1. The minimum absolute atomic E-state index is 0.197. The van der Waals surface area contributed by atoms with Crippen molar-refractivity contribution >= 4 is 27.5 Å². The minimum Gasteiger partial charge on any atom is -0.497 e. The number of hydrogen-bond donors (Lipinski definition) is 1. The molecular formula is C23H22BrNO4. The van der Waals surface area contributed by atoms with Gasteiger partial charge in [0.15, 0.2) is 0 Å². The summed E-state index contributed by atoms with van der Waals surface area (Å²) in [4.78, 5) is 12.7. The summed E-state index contributed by atoms with van der Waals surface area (Å²) in [6.45, 7) is 2.72. The highest BCUT2D eigenvalue weighted by atomic mass is 79.9. The molecule has 0 aliphatic heterocycles. The summed E-state index contributed by atoms with van der Waals surface area (Å²) in [5, 5.41) is 2.90. The molecule has 0 unspecified atom stereocenters. The number of carbonyl (C=O) groups is 1. The molecule has 3 rings (SSSR count). The van der Waals surface area contributed by atoms with Crippen LogP contribution in [-0.2, 0) is 6.61 Å². The number of carbonyl (C=O) groups excluding carboxylic acids is 1. The molecule has 0 radical (unpaired) electrons. The minimum atomic E-state index is -0.197. The average molecular weight is 456 g/mol. The summed E-state index contributed by atoms with van der Waals surface area (Å²) in [6.07, 6.45) is 0. The summed E-state index contributed by atoms with van der Waals surface area (Å²) in [7, 11) is 1.62. The summed E-state index contributed by atoms with van der Waals surface area (Å²) in [5.41, 5.74) is 2.04. The van der Waals surface area contributed by atoms with Crippen LogP contribution in [0.25, 0.3) is 0 Å². The van der Waals surface area contributed by atoms with Crippen molar-refractivity contribution in [2.24, 2.45) is 0 Å². The molecule has 0 saturated heterocycles. The Balaban J connectivity index is 1.76. The zero-order valence-electron chi connectivity index (χ0n) is 16.3. The third kappa shape index (κ3) is 5.74. The normalized spacial score (nSPS) is 10.3. The molecule has 0 bridgehead atoms. The maximum Gasteiger partial charge on any atom is 0.255 e. The second-order valence-corrected chi connectivity index (χ2v) is 7.10. The quantitative estimate of drug-likeness (QED) is 0.474. The number of methoxy groups -OCH3 is 1. The molecule has 3 aromatic carbocycles. The van der Waals surface area contributed by atoms with E-state index in [1.54, 1.807) is 25.3 Å². The van der Waals surface area contributed by atoms with E-state index >= 15 is 0 Å². The van der Waals surface area contributed by atoms with Gasteiger partial charge in [-0.1, -0.05) is 22.0 Å². The second-order valence-electron chi connectivity index (χ2n) is 6.18. The van der Waals surface area contributed by atoms with E-state index in [4.69, 9.17) is 14.2 Å². The first kappa shape index (κ1) is 20.7. The smallest absolute Gasteiger partial charge is 0.255 e. The first-order valence-corrected chi connectivity index (χ1v) is 9.98. The van der Waals surface area contributed by atoms with Gasteiger partial charge >= 0.3 is 0 Å². The SMILES string of the molecule is CCOc1ccc(C(=O)Nc2cccc(Br)c2)cc1COc1ccc(OC)cc1. The molecule has 0 saturated carbocycles. The topological polar surface area (TPSA) is 56.8 Å². The maximum absolute atomic E-state index is 12.7. The van der Waals surface area contributed by atoms with Crippen LogP contribution in [0.15, 0.2) is 71.2 Å². The van der Waals surface area contributed by atoms with Crippen molar-refractivity contribution in [1.29, 1.82) is 0 Å². The van der Waals surface area contributed by atoms with Crippen molar-refractivity contribution in [3.8, 4) is 17.2 Å². The Morgan fingerprint density at radius 1 is 0.966 bits per heavy atom. The van der Waals surface area contributed by atoms with Gasteiger partial charge in [-0.3, -0.25) is 4.79 Å². The van der Waals surface area contributed by atoms with Gasteiger partial charge in [0.2, 0.25) is 0 Å². The fourth-order valence-electron chi connectivity index (χ4n) is 2.73. The van der Waals surface area contributed by atoms with Gasteiger partial charge in [0.05, 0.1) is 13.7 Å². The van der Waals surface area contributed by atoms with Crippen molar-refractivity contribution < 1.29 is 19.0 Å². The fourth-order valence-corrected chi connectivity index (χ4v) is 3.13. The van der Waals surface area contributed by atoms with Crippen LogP contribution in [0.3, 0.4) is 0 Å². The molecule has 0 fully saturated rings. The van der Waals surface area contributed by atoms with E-state index in [0.717, 1.165) is 15.8 Å². The Morgan fingerprint density at radius 3 is 2.41 bits per heavy atom. The zero-order chi connectivity index (χ0) is 20.6. The molecule has 1 N–H and O–H groups in total. The van der Waals surface area contributed by atoms with Gasteiger partial charge in [0.25, 0.3) is 5.91 Å². The van der Waals surface area contributed by atoms with Crippen LogP contribution in [0, 0.1) is 0 Å². The second kappa shape index (κ2) is 9.98. The number of halogens is 1. The van der Waals surface area contributed by atoms with Gasteiger partial charge in [0, 0.05) is 21.3 Å². The largest absolute Gasteiger partial charge is 0.497 e. The van der Waals surface area contributed by atoms with Gasteiger partial charge in [-0.2, -0.15) is 0 Å². The first-order chi connectivity index (χ1) is 14.1. The lowest BCUT2D eigenvalue weighted by molar-refractivity contribution is 0.102. The van der Waals surface area contributed by atoms with Crippen molar-refractivity contribution in [3.63, 3.8) is 0 Å². The van der Waals surface area contributed by atoms with Gasteiger partial charge in [-0.25, -0.2) is 0 Å². The van der Waals surface area contributed by atoms with Crippen molar-refractivity contribution in [2.45, 2.75) is 13.5 Å². The molecule has 0 atom stereocenters. The van der Waals surface area contributed by atoms with E-state index in [1.165, 1.54) is 0 Å². The first-order valence-electron chi connectivity index (χ1n) is 9.18. The highest BCUT2D eigenvalue weighted by Crippen LogP contribution is 2.25. The average Bonchev–Trinajstić information content (AvgIpc) is 2.73. The molecule has 29 heavy (non-hydrogen) atoms. The summed E-state index contributed by atoms with van der Waals surface area (Å²) < 4.78 is 17.6. The Kier molecular flexibility index (Phi) is 7.14. The van der Waals surface area contributed by atoms with E-state index in [9.17, 15) is 4.79 Å². The number of benzene rings is 3. The molecule has 0 heterocycles. The monoisotopic (exact) mass is 455 g/mol. The van der Waals surface area contributed by atoms with E-state index < -0.39 is 0 Å². The Morgan fingerprint density at radius 2 is 1.72 bits per heavy atom. The lowest BCUT2D eigenvalue weighted by Crippen LogP contribution is -2.13. The van der Waals surface area contributed by atoms with Crippen LogP contribution in [0.4, 0.5) is 5.69 Å². The Hall–Kier alpha value is -2.99. The molecule has 5 nitrogen and oxygen atoms in total. The molecule has 0 spiro atoms. The van der Waals surface area contributed by atoms with Gasteiger partial charge in [-0.05, 0) is 67.6 Å². The predicted octanol–water partition coefficient (Wildman–Crippen LogP) is 5.69. The zero-order valence-corrected chi connectivity index (χ0v) is 17.9. The lowest BCUT2D eigenvalue weighted by Gasteiger charge is -2.14. The van der Waals surface area contributed by atoms with E-state index in [0.29, 0.717) is 29.4 Å². The molecule has 0 aliphatic carbocycles. The van der Waals surface area contributed by atoms with Gasteiger partial charge in [-0.15, -0.1) is 0 Å². The molecule has 6 heteroatoms.